The molecule has 0 aromatic carbocycles. The molecule has 1 heterocycles. The van der Waals surface area contributed by atoms with Crippen molar-refractivity contribution in [3.8, 4) is 0 Å². The minimum absolute atomic E-state index is 0.260. The zero-order valence-corrected chi connectivity index (χ0v) is 38.2. The molecule has 0 spiro atoms. The number of amides is 1. The predicted molar refractivity (Wildman–Crippen MR) is 242 cm³/mol. The Kier molecular flexibility index (Phi) is 37.0. The van der Waals surface area contributed by atoms with Crippen LogP contribution in [-0.2, 0) is 14.3 Å². The SMILES string of the molecule is CC/C=C\C/C=C\CCCCCCCCCCCCCCCC(O)C(=O)NC(COC1OC(CO)C(O)C(O)C1O)C(O)C(O)CCCCCCCCCCCCCCC. The summed E-state index contributed by atoms with van der Waals surface area (Å²) in [6.45, 7) is 3.34. The minimum atomic E-state index is -1.66. The fourth-order valence-corrected chi connectivity index (χ4v) is 7.95. The van der Waals surface area contributed by atoms with E-state index in [1.165, 1.54) is 122 Å². The van der Waals surface area contributed by atoms with Crippen LogP contribution in [0.4, 0.5) is 0 Å². The van der Waals surface area contributed by atoms with Crippen molar-refractivity contribution < 1.29 is 50.0 Å². The molecule has 11 nitrogen and oxygen atoms in total. The van der Waals surface area contributed by atoms with Crippen LogP contribution >= 0.6 is 0 Å². The van der Waals surface area contributed by atoms with Gasteiger partial charge in [0.25, 0.3) is 0 Å². The predicted octanol–water partition coefficient (Wildman–Crippen LogP) is 8.62. The zero-order chi connectivity index (χ0) is 44.1. The van der Waals surface area contributed by atoms with E-state index in [1.54, 1.807) is 0 Å². The van der Waals surface area contributed by atoms with Crippen molar-refractivity contribution in [2.24, 2.45) is 0 Å². The summed E-state index contributed by atoms with van der Waals surface area (Å²) >= 11 is 0. The van der Waals surface area contributed by atoms with E-state index < -0.39 is 74.2 Å². The van der Waals surface area contributed by atoms with Crippen molar-refractivity contribution in [2.45, 2.75) is 268 Å². The van der Waals surface area contributed by atoms with Crippen molar-refractivity contribution in [3.63, 3.8) is 0 Å². The highest BCUT2D eigenvalue weighted by atomic mass is 16.7. The number of nitrogens with one attached hydrogen (secondary N) is 1. The number of hydrogen-bond acceptors (Lipinski definition) is 10. The molecular weight excluding hydrogens is 763 g/mol. The van der Waals surface area contributed by atoms with E-state index in [0.29, 0.717) is 19.3 Å². The summed E-state index contributed by atoms with van der Waals surface area (Å²) in [6.07, 6.45) is 32.2. The monoisotopic (exact) mass is 856 g/mol. The van der Waals surface area contributed by atoms with Crippen LogP contribution in [0.1, 0.15) is 213 Å². The number of ether oxygens (including phenoxy) is 2. The maximum Gasteiger partial charge on any atom is 0.249 e. The number of unbranched alkanes of at least 4 members (excludes halogenated alkanes) is 25. The highest BCUT2D eigenvalue weighted by molar-refractivity contribution is 5.80. The second-order valence-corrected chi connectivity index (χ2v) is 17.5. The number of carbonyl (C=O) groups excluding carboxylic acids is 1. The van der Waals surface area contributed by atoms with E-state index in [0.717, 1.165) is 51.4 Å². The Hall–Kier alpha value is -1.41. The number of rotatable bonds is 41. The third-order valence-electron chi connectivity index (χ3n) is 12.0. The Morgan fingerprint density at radius 1 is 0.600 bits per heavy atom. The van der Waals surface area contributed by atoms with E-state index in [4.69, 9.17) is 9.47 Å². The lowest BCUT2D eigenvalue weighted by molar-refractivity contribution is -0.303. The molecule has 0 aliphatic carbocycles. The third kappa shape index (κ3) is 28.3. The first kappa shape index (κ1) is 56.6. The third-order valence-corrected chi connectivity index (χ3v) is 12.0. The lowest BCUT2D eigenvalue weighted by Crippen LogP contribution is -2.60. The largest absolute Gasteiger partial charge is 0.394 e. The lowest BCUT2D eigenvalue weighted by Gasteiger charge is -2.40. The molecule has 1 rings (SSSR count). The highest BCUT2D eigenvalue weighted by Gasteiger charge is 2.44. The molecule has 8 N–H and O–H groups in total. The second-order valence-electron chi connectivity index (χ2n) is 17.5. The van der Waals surface area contributed by atoms with E-state index in [-0.39, 0.29) is 6.42 Å². The number of hydrogen-bond donors (Lipinski definition) is 8. The Morgan fingerprint density at radius 3 is 1.57 bits per heavy atom. The van der Waals surface area contributed by atoms with Gasteiger partial charge in [-0.2, -0.15) is 0 Å². The molecule has 1 saturated heterocycles. The van der Waals surface area contributed by atoms with Gasteiger partial charge in [-0.25, -0.2) is 0 Å². The maximum absolute atomic E-state index is 13.1. The van der Waals surface area contributed by atoms with Gasteiger partial charge >= 0.3 is 0 Å². The Labute approximate surface area is 365 Å². The van der Waals surface area contributed by atoms with Crippen LogP contribution in [0, 0.1) is 0 Å². The van der Waals surface area contributed by atoms with Gasteiger partial charge in [0.15, 0.2) is 6.29 Å². The van der Waals surface area contributed by atoms with E-state index >= 15 is 0 Å². The molecule has 1 fully saturated rings. The molecule has 1 aliphatic heterocycles. The fourth-order valence-electron chi connectivity index (χ4n) is 7.95. The molecule has 1 amide bonds. The zero-order valence-electron chi connectivity index (χ0n) is 38.2. The molecule has 11 heteroatoms. The molecule has 0 aromatic rings. The molecule has 0 saturated carbocycles. The van der Waals surface area contributed by atoms with Gasteiger partial charge in [-0.15, -0.1) is 0 Å². The molecule has 60 heavy (non-hydrogen) atoms. The number of aliphatic hydroxyl groups is 7. The first-order chi connectivity index (χ1) is 29.2. The Balaban J connectivity index is 2.38. The molecule has 0 aromatic heterocycles. The lowest BCUT2D eigenvalue weighted by atomic mass is 9.98. The average molecular weight is 856 g/mol. The van der Waals surface area contributed by atoms with Crippen LogP contribution in [0.15, 0.2) is 24.3 Å². The van der Waals surface area contributed by atoms with Gasteiger partial charge in [0.05, 0.1) is 25.4 Å². The van der Waals surface area contributed by atoms with Crippen LogP contribution in [-0.4, -0.2) is 110 Å². The average Bonchev–Trinajstić information content (AvgIpc) is 3.25. The quantitative estimate of drug-likeness (QED) is 0.0218. The maximum atomic E-state index is 13.1. The molecule has 0 radical (unpaired) electrons. The van der Waals surface area contributed by atoms with Gasteiger partial charge in [-0.3, -0.25) is 4.79 Å². The van der Waals surface area contributed by atoms with Crippen molar-refractivity contribution in [1.82, 2.24) is 5.32 Å². The topological polar surface area (TPSA) is 189 Å². The smallest absolute Gasteiger partial charge is 0.249 e. The summed E-state index contributed by atoms with van der Waals surface area (Å²) in [4.78, 5) is 13.1. The summed E-state index contributed by atoms with van der Waals surface area (Å²) in [7, 11) is 0. The first-order valence-electron chi connectivity index (χ1n) is 24.7. The van der Waals surface area contributed by atoms with Crippen molar-refractivity contribution in [1.29, 1.82) is 0 Å². The van der Waals surface area contributed by atoms with Crippen LogP contribution in [0.3, 0.4) is 0 Å². The van der Waals surface area contributed by atoms with Crippen LogP contribution in [0.2, 0.25) is 0 Å². The van der Waals surface area contributed by atoms with Gasteiger partial charge in [0.2, 0.25) is 5.91 Å². The van der Waals surface area contributed by atoms with Crippen LogP contribution in [0.25, 0.3) is 0 Å². The van der Waals surface area contributed by atoms with Gasteiger partial charge in [0.1, 0.15) is 36.6 Å². The summed E-state index contributed by atoms with van der Waals surface area (Å²) in [5.74, 6) is -0.697. The van der Waals surface area contributed by atoms with Crippen molar-refractivity contribution in [3.05, 3.63) is 24.3 Å². The molecule has 354 valence electrons. The molecule has 1 aliphatic rings. The number of aliphatic hydroxyl groups excluding tert-OH is 7. The second kappa shape index (κ2) is 39.2. The van der Waals surface area contributed by atoms with Crippen LogP contribution < -0.4 is 5.32 Å². The number of allylic oxidation sites excluding steroid dienone is 4. The summed E-state index contributed by atoms with van der Waals surface area (Å²) in [6, 6.07) is -1.16. The minimum Gasteiger partial charge on any atom is -0.394 e. The van der Waals surface area contributed by atoms with E-state index in [2.05, 4.69) is 43.5 Å². The Morgan fingerprint density at radius 2 is 1.07 bits per heavy atom. The van der Waals surface area contributed by atoms with E-state index in [1.807, 2.05) is 0 Å². The fraction of sp³-hybridized carbons (Fsp3) is 0.898. The summed E-state index contributed by atoms with van der Waals surface area (Å²) in [5, 5.41) is 75.8. The normalized spacial score (nSPS) is 21.8. The highest BCUT2D eigenvalue weighted by Crippen LogP contribution is 2.23. The first-order valence-corrected chi connectivity index (χ1v) is 24.7. The van der Waals surface area contributed by atoms with Gasteiger partial charge in [-0.1, -0.05) is 199 Å². The molecular formula is C49H93NO10. The van der Waals surface area contributed by atoms with E-state index in [9.17, 15) is 40.5 Å². The summed E-state index contributed by atoms with van der Waals surface area (Å²) in [5.41, 5.74) is 0. The van der Waals surface area contributed by atoms with Gasteiger partial charge in [-0.05, 0) is 38.5 Å². The van der Waals surface area contributed by atoms with Gasteiger partial charge in [0, 0.05) is 0 Å². The number of carbonyl (C=O) groups is 1. The van der Waals surface area contributed by atoms with Crippen LogP contribution in [0.5, 0.6) is 0 Å². The molecule has 0 bridgehead atoms. The van der Waals surface area contributed by atoms with Gasteiger partial charge < -0.3 is 50.5 Å². The van der Waals surface area contributed by atoms with Crippen molar-refractivity contribution in [2.75, 3.05) is 13.2 Å². The Bertz CT molecular complexity index is 1030. The standard InChI is InChI=1S/C49H93NO10/c1-3-5-7-9-11-13-15-17-18-19-20-21-22-23-25-27-29-31-33-35-37-42(53)48(58)50-40(39-59-49-47(57)46(56)45(55)43(38-51)60-49)44(54)41(52)36-34-32-30-28-26-24-16-14-12-10-8-6-4-2/h5,7,11,13,40-47,49,51-57H,3-4,6,8-10,12,14-39H2,1-2H3,(H,50,58)/b7-5-,13-11-. The van der Waals surface area contributed by atoms with Crippen molar-refractivity contribution >= 4 is 5.91 Å². The summed E-state index contributed by atoms with van der Waals surface area (Å²) < 4.78 is 11.1. The molecule has 9 unspecified atom stereocenters. The molecule has 9 atom stereocenters.